The van der Waals surface area contributed by atoms with Gasteiger partial charge in [-0.25, -0.2) is 0 Å². The number of nitrogens with one attached hydrogen (secondary N) is 1. The first-order valence-electron chi connectivity index (χ1n) is 8.34. The Kier molecular flexibility index (Phi) is 3.92. The molecule has 2 aromatic heterocycles. The number of aromatic amines is 1. The molecule has 0 aliphatic rings. The molecule has 1 nitrogen and oxygen atoms in total. The Morgan fingerprint density at radius 3 is 2.22 bits per heavy atom. The molecule has 2 heteroatoms. The molecule has 1 N–H and O–H groups in total. The van der Waals surface area contributed by atoms with Crippen molar-refractivity contribution in [1.29, 1.82) is 0 Å². The first-order valence-corrected chi connectivity index (χ1v) is 9.16. The summed E-state index contributed by atoms with van der Waals surface area (Å²) in [6.07, 6.45) is 1.02. The standard InChI is InChI=1S/C21H27NS/c1-20(2,3)18-13-15-11-14(7-9-17(15)22-18)12-16-8-10-19(23-16)21(4,5)6/h7-11,13,22H,12H2,1-6H3. The lowest BCUT2D eigenvalue weighted by Gasteiger charge is -2.15. The van der Waals surface area contributed by atoms with Gasteiger partial charge >= 0.3 is 0 Å². The van der Waals surface area contributed by atoms with Crippen LogP contribution >= 0.6 is 11.3 Å². The summed E-state index contributed by atoms with van der Waals surface area (Å²) in [7, 11) is 0. The molecule has 1 aromatic carbocycles. The smallest absolute Gasteiger partial charge is 0.0456 e. The summed E-state index contributed by atoms with van der Waals surface area (Å²) in [6, 6.07) is 13.7. The number of hydrogen-bond donors (Lipinski definition) is 1. The third-order valence-corrected chi connectivity index (χ3v) is 5.78. The molecule has 3 aromatic rings. The minimum atomic E-state index is 0.161. The molecule has 0 aliphatic carbocycles. The van der Waals surface area contributed by atoms with Gasteiger partial charge in [0.1, 0.15) is 0 Å². The third-order valence-electron chi connectivity index (χ3n) is 4.27. The van der Waals surface area contributed by atoms with Gasteiger partial charge in [0.05, 0.1) is 0 Å². The van der Waals surface area contributed by atoms with Crippen molar-refractivity contribution in [2.75, 3.05) is 0 Å². The molecule has 23 heavy (non-hydrogen) atoms. The molecule has 3 rings (SSSR count). The van der Waals surface area contributed by atoms with Crippen molar-refractivity contribution in [3.63, 3.8) is 0 Å². The SMILES string of the molecule is CC(C)(C)c1cc2cc(Cc3ccc(C(C)(C)C)s3)ccc2[nH]1. The monoisotopic (exact) mass is 325 g/mol. The van der Waals surface area contributed by atoms with Crippen LogP contribution in [0.4, 0.5) is 0 Å². The minimum Gasteiger partial charge on any atom is -0.358 e. The Morgan fingerprint density at radius 2 is 1.61 bits per heavy atom. The molecule has 0 atom stereocenters. The van der Waals surface area contributed by atoms with Crippen LogP contribution in [-0.2, 0) is 17.3 Å². The Morgan fingerprint density at radius 1 is 0.870 bits per heavy atom. The zero-order valence-electron chi connectivity index (χ0n) is 15.1. The third kappa shape index (κ3) is 3.53. The van der Waals surface area contributed by atoms with Gasteiger partial charge in [-0.15, -0.1) is 11.3 Å². The van der Waals surface area contributed by atoms with Crippen molar-refractivity contribution in [3.05, 3.63) is 57.4 Å². The Labute approximate surface area is 143 Å². The van der Waals surface area contributed by atoms with Crippen LogP contribution in [0.3, 0.4) is 0 Å². The fourth-order valence-electron chi connectivity index (χ4n) is 2.77. The first kappa shape index (κ1) is 16.3. The topological polar surface area (TPSA) is 15.8 Å². The summed E-state index contributed by atoms with van der Waals surface area (Å²) in [6.45, 7) is 13.6. The van der Waals surface area contributed by atoms with Gasteiger partial charge in [-0.05, 0) is 46.7 Å². The van der Waals surface area contributed by atoms with E-state index in [0.29, 0.717) is 0 Å². The van der Waals surface area contributed by atoms with Gasteiger partial charge in [-0.2, -0.15) is 0 Å². The van der Waals surface area contributed by atoms with E-state index in [2.05, 4.69) is 82.9 Å². The maximum absolute atomic E-state index is 3.55. The van der Waals surface area contributed by atoms with E-state index in [1.54, 1.807) is 0 Å². The molecule has 2 heterocycles. The number of benzene rings is 1. The van der Waals surface area contributed by atoms with E-state index >= 15 is 0 Å². The van der Waals surface area contributed by atoms with Gasteiger partial charge in [0.25, 0.3) is 0 Å². The molecule has 0 saturated carbocycles. The average Bonchev–Trinajstić information content (AvgIpc) is 3.03. The summed E-state index contributed by atoms with van der Waals surface area (Å²) in [4.78, 5) is 6.46. The van der Waals surface area contributed by atoms with E-state index in [1.807, 2.05) is 11.3 Å². The Balaban J connectivity index is 1.87. The second-order valence-corrected chi connectivity index (χ2v) is 9.72. The van der Waals surface area contributed by atoms with Gasteiger partial charge in [0.15, 0.2) is 0 Å². The molecular weight excluding hydrogens is 298 g/mol. The van der Waals surface area contributed by atoms with Crippen LogP contribution in [0.1, 0.15) is 62.6 Å². The predicted molar refractivity (Wildman–Crippen MR) is 103 cm³/mol. The van der Waals surface area contributed by atoms with Crippen molar-refractivity contribution in [3.8, 4) is 0 Å². The molecular formula is C21H27NS. The number of rotatable bonds is 2. The van der Waals surface area contributed by atoms with Gasteiger partial charge in [0, 0.05) is 32.8 Å². The fraction of sp³-hybridized carbons (Fsp3) is 0.429. The zero-order chi connectivity index (χ0) is 16.8. The molecule has 0 fully saturated rings. The Bertz CT molecular complexity index is 822. The molecule has 122 valence electrons. The Hall–Kier alpha value is -1.54. The zero-order valence-corrected chi connectivity index (χ0v) is 15.9. The van der Waals surface area contributed by atoms with Gasteiger partial charge < -0.3 is 4.98 Å². The highest BCUT2D eigenvalue weighted by atomic mass is 32.1. The van der Waals surface area contributed by atoms with Crippen molar-refractivity contribution in [2.45, 2.75) is 58.8 Å². The van der Waals surface area contributed by atoms with Crippen LogP contribution in [-0.4, -0.2) is 4.98 Å². The van der Waals surface area contributed by atoms with Crippen molar-refractivity contribution in [1.82, 2.24) is 4.98 Å². The van der Waals surface area contributed by atoms with Crippen LogP contribution in [0.5, 0.6) is 0 Å². The highest BCUT2D eigenvalue weighted by molar-refractivity contribution is 7.12. The second kappa shape index (κ2) is 5.52. The van der Waals surface area contributed by atoms with Crippen LogP contribution in [0.25, 0.3) is 10.9 Å². The fourth-order valence-corrected chi connectivity index (χ4v) is 3.87. The highest BCUT2D eigenvalue weighted by Crippen LogP contribution is 2.31. The summed E-state index contributed by atoms with van der Waals surface area (Å²) in [5, 5.41) is 1.32. The molecule has 0 aliphatic heterocycles. The molecule has 0 radical (unpaired) electrons. The van der Waals surface area contributed by atoms with E-state index in [1.165, 1.54) is 31.9 Å². The van der Waals surface area contributed by atoms with E-state index in [0.717, 1.165) is 6.42 Å². The van der Waals surface area contributed by atoms with Gasteiger partial charge in [-0.1, -0.05) is 47.6 Å². The van der Waals surface area contributed by atoms with Crippen LogP contribution in [0.2, 0.25) is 0 Å². The lowest BCUT2D eigenvalue weighted by atomic mass is 9.92. The van der Waals surface area contributed by atoms with Gasteiger partial charge in [-0.3, -0.25) is 0 Å². The van der Waals surface area contributed by atoms with Crippen molar-refractivity contribution < 1.29 is 0 Å². The number of aromatic nitrogens is 1. The number of fused-ring (bicyclic) bond motifs is 1. The second-order valence-electron chi connectivity index (χ2n) is 8.55. The maximum Gasteiger partial charge on any atom is 0.0456 e. The van der Waals surface area contributed by atoms with Crippen LogP contribution in [0.15, 0.2) is 36.4 Å². The summed E-state index contributed by atoms with van der Waals surface area (Å²) in [5.74, 6) is 0. The number of thiophene rings is 1. The largest absolute Gasteiger partial charge is 0.358 e. The average molecular weight is 326 g/mol. The molecule has 0 unspecified atom stereocenters. The number of hydrogen-bond acceptors (Lipinski definition) is 1. The number of H-pyrrole nitrogens is 1. The molecule has 0 amide bonds. The van der Waals surface area contributed by atoms with Gasteiger partial charge in [0.2, 0.25) is 0 Å². The lowest BCUT2D eigenvalue weighted by Crippen LogP contribution is -2.10. The molecule has 0 bridgehead atoms. The van der Waals surface area contributed by atoms with Crippen molar-refractivity contribution >= 4 is 22.2 Å². The molecule has 0 saturated heterocycles. The van der Waals surface area contributed by atoms with Crippen LogP contribution in [0, 0.1) is 0 Å². The predicted octanol–water partition coefficient (Wildman–Crippen LogP) is 6.42. The summed E-state index contributed by atoms with van der Waals surface area (Å²) in [5.41, 5.74) is 4.33. The van der Waals surface area contributed by atoms with E-state index < -0.39 is 0 Å². The van der Waals surface area contributed by atoms with E-state index in [-0.39, 0.29) is 10.8 Å². The maximum atomic E-state index is 3.55. The van der Waals surface area contributed by atoms with Crippen LogP contribution < -0.4 is 0 Å². The van der Waals surface area contributed by atoms with E-state index in [9.17, 15) is 0 Å². The lowest BCUT2D eigenvalue weighted by molar-refractivity contribution is 0.574. The summed E-state index contributed by atoms with van der Waals surface area (Å²) >= 11 is 1.94. The van der Waals surface area contributed by atoms with E-state index in [4.69, 9.17) is 0 Å². The molecule has 0 spiro atoms. The summed E-state index contributed by atoms with van der Waals surface area (Å²) < 4.78 is 0. The van der Waals surface area contributed by atoms with Crippen molar-refractivity contribution in [2.24, 2.45) is 0 Å². The minimum absolute atomic E-state index is 0.161. The normalized spacial score (nSPS) is 13.0. The highest BCUT2D eigenvalue weighted by Gasteiger charge is 2.17. The first-order chi connectivity index (χ1) is 10.6. The quantitative estimate of drug-likeness (QED) is 0.560.